The van der Waals surface area contributed by atoms with Crippen molar-refractivity contribution in [2.24, 2.45) is 5.92 Å². The van der Waals surface area contributed by atoms with Gasteiger partial charge in [-0.2, -0.15) is 0 Å². The van der Waals surface area contributed by atoms with Crippen molar-refractivity contribution in [3.05, 3.63) is 66.2 Å². The van der Waals surface area contributed by atoms with Crippen LogP contribution in [0.2, 0.25) is 0 Å². The monoisotopic (exact) mass is 571 g/mol. The van der Waals surface area contributed by atoms with Crippen LogP contribution in [0.5, 0.6) is 0 Å². The highest BCUT2D eigenvalue weighted by Crippen LogP contribution is 2.28. The van der Waals surface area contributed by atoms with Crippen molar-refractivity contribution in [3.63, 3.8) is 0 Å². The van der Waals surface area contributed by atoms with Crippen molar-refractivity contribution in [2.75, 3.05) is 26.6 Å². The highest BCUT2D eigenvalue weighted by molar-refractivity contribution is 7.89. The molecule has 0 N–H and O–H groups in total. The summed E-state index contributed by atoms with van der Waals surface area (Å²) in [5.74, 6) is -4.67. The summed E-state index contributed by atoms with van der Waals surface area (Å²) in [5, 5.41) is 12.3. The van der Waals surface area contributed by atoms with E-state index in [9.17, 15) is 32.7 Å². The number of hydrogen-bond acceptors (Lipinski definition) is 9. The third kappa shape index (κ3) is 6.75. The summed E-state index contributed by atoms with van der Waals surface area (Å²) in [5.41, 5.74) is 0.518. The Morgan fingerprint density at radius 3 is 2.05 bits per heavy atom. The average molecular weight is 572 g/mol. The topological polar surface area (TPSA) is 150 Å². The number of carbonyl (C=O) groups is 4. The van der Waals surface area contributed by atoms with Gasteiger partial charge in [0.1, 0.15) is 18.9 Å². The molecule has 0 spiro atoms. The Balaban J connectivity index is 1.68. The predicted molar refractivity (Wildman–Crippen MR) is 139 cm³/mol. The molecule has 2 fully saturated rings. The fourth-order valence-electron chi connectivity index (χ4n) is 5.13. The minimum absolute atomic E-state index is 0.0699. The molecule has 2 aromatic carbocycles. The molecular weight excluding hydrogens is 540 g/mol. The number of sulfonamides is 1. The van der Waals surface area contributed by atoms with E-state index in [1.165, 1.54) is 24.3 Å². The van der Waals surface area contributed by atoms with Crippen molar-refractivity contribution in [2.45, 2.75) is 49.1 Å². The molecule has 2 aliphatic rings. The van der Waals surface area contributed by atoms with E-state index in [4.69, 9.17) is 9.47 Å². The quantitative estimate of drug-likeness (QED) is 0.286. The molecule has 0 aromatic heterocycles. The standard InChI is InChI=1S/C28H32N2O9S/c31-25(24(15-20-9-3-1-4-10-20)30(28(34)35)22-17-38-19-39-18-22)26(32)27(33)29(16-21-11-7-8-12-21)40(36,37)23-13-5-2-6-14-23/h1-6,9-10,13-14,21-22,24H,7-8,11-12,15-19H2,(H,34,35)/p-1. The van der Waals surface area contributed by atoms with Crippen LogP contribution in [0.4, 0.5) is 4.79 Å². The highest BCUT2D eigenvalue weighted by atomic mass is 32.2. The molecule has 11 nitrogen and oxygen atoms in total. The van der Waals surface area contributed by atoms with E-state index in [-0.39, 0.29) is 43.8 Å². The molecule has 0 radical (unpaired) electrons. The first kappa shape index (κ1) is 29.4. The zero-order chi connectivity index (χ0) is 28.7. The Morgan fingerprint density at radius 2 is 1.48 bits per heavy atom. The molecule has 1 aliphatic carbocycles. The Morgan fingerprint density at radius 1 is 0.900 bits per heavy atom. The van der Waals surface area contributed by atoms with E-state index in [1.54, 1.807) is 36.4 Å². The van der Waals surface area contributed by atoms with Crippen molar-refractivity contribution >= 4 is 33.6 Å². The summed E-state index contributed by atoms with van der Waals surface area (Å²) < 4.78 is 37.9. The molecule has 1 unspecified atom stereocenters. The molecule has 2 aromatic rings. The van der Waals surface area contributed by atoms with Crippen LogP contribution in [0.25, 0.3) is 0 Å². The van der Waals surface area contributed by atoms with E-state index in [0.717, 1.165) is 12.8 Å². The van der Waals surface area contributed by atoms with Crippen molar-refractivity contribution in [1.82, 2.24) is 9.21 Å². The second-order valence-corrected chi connectivity index (χ2v) is 11.8. The molecule has 2 amide bonds. The second kappa shape index (κ2) is 13.2. The number of benzene rings is 2. The van der Waals surface area contributed by atoms with Crippen LogP contribution in [0, 0.1) is 5.92 Å². The third-order valence-electron chi connectivity index (χ3n) is 7.18. The number of nitrogens with zero attached hydrogens (tertiary/aromatic N) is 2. The summed E-state index contributed by atoms with van der Waals surface area (Å²) >= 11 is 0. The molecule has 12 heteroatoms. The number of amides is 2. The van der Waals surface area contributed by atoms with Gasteiger partial charge in [0, 0.05) is 13.0 Å². The molecule has 1 saturated carbocycles. The lowest BCUT2D eigenvalue weighted by Gasteiger charge is -2.40. The predicted octanol–water partition coefficient (Wildman–Crippen LogP) is 1.16. The lowest BCUT2D eigenvalue weighted by molar-refractivity contribution is -0.275. The Labute approximate surface area is 232 Å². The van der Waals surface area contributed by atoms with Crippen molar-refractivity contribution in [1.29, 1.82) is 0 Å². The van der Waals surface area contributed by atoms with Gasteiger partial charge >= 0.3 is 5.91 Å². The number of rotatable bonds is 11. The van der Waals surface area contributed by atoms with Gasteiger partial charge in [0.25, 0.3) is 15.8 Å². The fraction of sp³-hybridized carbons (Fsp3) is 0.429. The van der Waals surface area contributed by atoms with Crippen molar-refractivity contribution < 1.29 is 42.2 Å². The van der Waals surface area contributed by atoms with Gasteiger partial charge in [0.15, 0.2) is 0 Å². The van der Waals surface area contributed by atoms with Crippen LogP contribution >= 0.6 is 0 Å². The maximum absolute atomic E-state index is 13.7. The van der Waals surface area contributed by atoms with Gasteiger partial charge < -0.3 is 24.3 Å². The molecule has 4 rings (SSSR count). The SMILES string of the molecule is O=C(C(=O)C(Cc1ccccc1)N(C(=O)[O-])C1COCOC1)C(=O)N(CC1CCCC1)S(=O)(=O)c1ccccc1. The molecular formula is C28H31N2O9S-. The zero-order valence-corrected chi connectivity index (χ0v) is 22.7. The van der Waals surface area contributed by atoms with E-state index in [1.807, 2.05) is 0 Å². The molecule has 0 bridgehead atoms. The summed E-state index contributed by atoms with van der Waals surface area (Å²) in [6, 6.07) is 12.9. The largest absolute Gasteiger partial charge is 0.530 e. The normalized spacial score (nSPS) is 17.2. The molecule has 1 saturated heterocycles. The number of carbonyl (C=O) groups excluding carboxylic acids is 4. The van der Waals surface area contributed by atoms with E-state index < -0.39 is 45.7 Å². The Hall–Kier alpha value is -3.61. The zero-order valence-electron chi connectivity index (χ0n) is 21.8. The van der Waals surface area contributed by atoms with E-state index in [2.05, 4.69) is 0 Å². The van der Waals surface area contributed by atoms with Gasteiger partial charge in [-0.05, 0) is 36.5 Å². The third-order valence-corrected chi connectivity index (χ3v) is 8.94. The number of ether oxygens (including phenoxy) is 2. The number of Topliss-reactive ketones (excluding diaryl/α,β-unsaturated/α-hetero) is 2. The van der Waals surface area contributed by atoms with Crippen LogP contribution in [-0.2, 0) is 40.3 Å². The summed E-state index contributed by atoms with van der Waals surface area (Å²) in [6.45, 7) is -0.567. The van der Waals surface area contributed by atoms with Gasteiger partial charge in [-0.15, -0.1) is 0 Å². The molecule has 214 valence electrons. The second-order valence-electron chi connectivity index (χ2n) is 9.89. The molecule has 1 aliphatic heterocycles. The van der Waals surface area contributed by atoms with Crippen LogP contribution in [0.3, 0.4) is 0 Å². The summed E-state index contributed by atoms with van der Waals surface area (Å²) in [7, 11) is -4.48. The van der Waals surface area contributed by atoms with Gasteiger partial charge in [0.05, 0.1) is 24.2 Å². The van der Waals surface area contributed by atoms with Gasteiger partial charge in [0.2, 0.25) is 5.78 Å². The smallest absolute Gasteiger partial charge is 0.311 e. The number of hydrogen-bond donors (Lipinski definition) is 0. The molecule has 1 atom stereocenters. The minimum atomic E-state index is -4.48. The van der Waals surface area contributed by atoms with Crippen LogP contribution in [0.15, 0.2) is 65.6 Å². The van der Waals surface area contributed by atoms with Gasteiger partial charge in [-0.1, -0.05) is 61.4 Å². The highest BCUT2D eigenvalue weighted by Gasteiger charge is 2.43. The molecule has 40 heavy (non-hydrogen) atoms. The first-order valence-electron chi connectivity index (χ1n) is 13.1. The Bertz CT molecular complexity index is 1310. The molecule has 1 heterocycles. The average Bonchev–Trinajstić information content (AvgIpc) is 3.49. The lowest BCUT2D eigenvalue weighted by atomic mass is 9.96. The van der Waals surface area contributed by atoms with E-state index in [0.29, 0.717) is 27.6 Å². The summed E-state index contributed by atoms with van der Waals surface area (Å²) in [6.07, 6.45) is 1.05. The van der Waals surface area contributed by atoms with Gasteiger partial charge in [-0.3, -0.25) is 14.4 Å². The first-order valence-corrected chi connectivity index (χ1v) is 14.5. The fourth-order valence-corrected chi connectivity index (χ4v) is 6.59. The van der Waals surface area contributed by atoms with E-state index >= 15 is 0 Å². The maximum atomic E-state index is 13.7. The summed E-state index contributed by atoms with van der Waals surface area (Å²) in [4.78, 5) is 53.5. The van der Waals surface area contributed by atoms with Crippen LogP contribution in [0.1, 0.15) is 31.2 Å². The first-order chi connectivity index (χ1) is 19.2. The number of ketones is 2. The van der Waals surface area contributed by atoms with Crippen LogP contribution in [-0.4, -0.2) is 79.8 Å². The van der Waals surface area contributed by atoms with Gasteiger partial charge in [-0.25, -0.2) is 12.7 Å². The lowest BCUT2D eigenvalue weighted by Crippen LogP contribution is -2.61. The Kier molecular flexibility index (Phi) is 9.67. The number of carboxylic acid groups (broad SMARTS) is 1. The maximum Gasteiger partial charge on any atom is 0.311 e. The van der Waals surface area contributed by atoms with Crippen molar-refractivity contribution in [3.8, 4) is 0 Å². The minimum Gasteiger partial charge on any atom is -0.530 e. The van der Waals surface area contributed by atoms with Crippen LogP contribution < -0.4 is 5.11 Å².